The highest BCUT2D eigenvalue weighted by atomic mass is 16.2. The van der Waals surface area contributed by atoms with Gasteiger partial charge in [-0.1, -0.05) is 0 Å². The second-order valence-electron chi connectivity index (χ2n) is 6.96. The molecule has 1 aliphatic rings. The Labute approximate surface area is 161 Å². The lowest BCUT2D eigenvalue weighted by Crippen LogP contribution is -2.66. The van der Waals surface area contributed by atoms with Crippen molar-refractivity contribution in [2.75, 3.05) is 6.54 Å². The summed E-state index contributed by atoms with van der Waals surface area (Å²) in [6, 6.07) is -1.97. The molecule has 8 N–H and O–H groups in total. The second kappa shape index (κ2) is 7.90. The maximum absolute atomic E-state index is 13.2. The zero-order valence-electron chi connectivity index (χ0n) is 15.3. The van der Waals surface area contributed by atoms with Gasteiger partial charge in [0.1, 0.15) is 0 Å². The number of ketones is 1. The van der Waals surface area contributed by atoms with Crippen LogP contribution in [0.3, 0.4) is 0 Å². The molecule has 0 aliphatic carbocycles. The fraction of sp³-hybridized carbons (Fsp3) is 0.471. The summed E-state index contributed by atoms with van der Waals surface area (Å²) in [5.74, 6) is -2.00. The first-order chi connectivity index (χ1) is 13.4. The summed E-state index contributed by atoms with van der Waals surface area (Å²) in [5.41, 5.74) is 17.3. The van der Waals surface area contributed by atoms with Gasteiger partial charge in [-0.3, -0.25) is 14.4 Å². The summed E-state index contributed by atoms with van der Waals surface area (Å²) >= 11 is 0. The Morgan fingerprint density at radius 1 is 1.07 bits per heavy atom. The van der Waals surface area contributed by atoms with Crippen LogP contribution >= 0.6 is 0 Å². The number of aromatic nitrogens is 4. The number of imidazole rings is 2. The average Bonchev–Trinajstić information content (AvgIpc) is 3.41. The highest BCUT2D eigenvalue weighted by Crippen LogP contribution is 2.32. The van der Waals surface area contributed by atoms with Crippen molar-refractivity contribution in [1.29, 1.82) is 0 Å². The number of nitrogens with zero attached hydrogens (tertiary/aromatic N) is 3. The molecule has 0 aromatic carbocycles. The van der Waals surface area contributed by atoms with E-state index < -0.39 is 35.2 Å². The first-order valence-electron chi connectivity index (χ1n) is 8.97. The van der Waals surface area contributed by atoms with Crippen LogP contribution < -0.4 is 17.2 Å². The van der Waals surface area contributed by atoms with Crippen LogP contribution in [0.15, 0.2) is 25.0 Å². The van der Waals surface area contributed by atoms with Gasteiger partial charge in [-0.2, -0.15) is 0 Å². The molecule has 0 bridgehead atoms. The van der Waals surface area contributed by atoms with Crippen LogP contribution in [0.25, 0.3) is 0 Å². The SMILES string of the molecule is NC(=O)[C@]1(C(=O)[C@@H](N)Cc2cnc[nH]2)CCCN1C(=O)[C@@H](N)Cc1cnc[nH]1. The largest absolute Gasteiger partial charge is 0.367 e. The summed E-state index contributed by atoms with van der Waals surface area (Å²) in [7, 11) is 0. The van der Waals surface area contributed by atoms with E-state index in [0.29, 0.717) is 17.8 Å². The van der Waals surface area contributed by atoms with E-state index in [2.05, 4.69) is 19.9 Å². The van der Waals surface area contributed by atoms with Gasteiger partial charge in [0, 0.05) is 43.2 Å². The average molecular weight is 388 g/mol. The predicted molar refractivity (Wildman–Crippen MR) is 98.4 cm³/mol. The molecule has 28 heavy (non-hydrogen) atoms. The molecule has 11 nitrogen and oxygen atoms in total. The van der Waals surface area contributed by atoms with Crippen LogP contribution in [0.5, 0.6) is 0 Å². The fourth-order valence-electron chi connectivity index (χ4n) is 3.70. The molecule has 0 saturated carbocycles. The number of rotatable bonds is 8. The molecule has 150 valence electrons. The van der Waals surface area contributed by atoms with Crippen molar-refractivity contribution in [3.63, 3.8) is 0 Å². The third kappa shape index (κ3) is 3.53. The second-order valence-corrected chi connectivity index (χ2v) is 6.96. The quantitative estimate of drug-likeness (QED) is 0.323. The number of carbonyl (C=O) groups is 3. The smallest absolute Gasteiger partial charge is 0.251 e. The normalized spacial score (nSPS) is 21.4. The number of primary amides is 1. The molecule has 2 amide bonds. The van der Waals surface area contributed by atoms with Gasteiger partial charge in [0.25, 0.3) is 5.91 Å². The van der Waals surface area contributed by atoms with E-state index in [4.69, 9.17) is 17.2 Å². The van der Waals surface area contributed by atoms with Crippen LogP contribution in [0.4, 0.5) is 0 Å². The Morgan fingerprint density at radius 3 is 2.14 bits per heavy atom. The Morgan fingerprint density at radius 2 is 1.64 bits per heavy atom. The Hall–Kier alpha value is -3.05. The number of aromatic amines is 2. The van der Waals surface area contributed by atoms with Gasteiger partial charge >= 0.3 is 0 Å². The van der Waals surface area contributed by atoms with Crippen molar-refractivity contribution in [3.8, 4) is 0 Å². The lowest BCUT2D eigenvalue weighted by atomic mass is 9.84. The minimum absolute atomic E-state index is 0.125. The van der Waals surface area contributed by atoms with E-state index in [-0.39, 0.29) is 25.8 Å². The maximum atomic E-state index is 13.2. The molecule has 1 fully saturated rings. The first kappa shape index (κ1) is 19.7. The number of hydrogen-bond donors (Lipinski definition) is 5. The zero-order valence-corrected chi connectivity index (χ0v) is 15.3. The molecule has 2 aromatic rings. The molecule has 1 saturated heterocycles. The molecular weight excluding hydrogens is 364 g/mol. The molecule has 3 rings (SSSR count). The lowest BCUT2D eigenvalue weighted by molar-refractivity contribution is -0.152. The van der Waals surface area contributed by atoms with E-state index in [9.17, 15) is 14.4 Å². The highest BCUT2D eigenvalue weighted by Gasteiger charge is 2.56. The van der Waals surface area contributed by atoms with Crippen LogP contribution in [-0.2, 0) is 27.2 Å². The monoisotopic (exact) mass is 388 g/mol. The molecule has 11 heteroatoms. The van der Waals surface area contributed by atoms with Gasteiger partial charge in [0.15, 0.2) is 11.3 Å². The summed E-state index contributed by atoms with van der Waals surface area (Å²) in [5, 5.41) is 0. The van der Waals surface area contributed by atoms with Gasteiger partial charge in [-0.25, -0.2) is 9.97 Å². The van der Waals surface area contributed by atoms with Crippen molar-refractivity contribution < 1.29 is 14.4 Å². The number of hydrogen-bond acceptors (Lipinski definition) is 7. The standard InChI is InChI=1S/C17H24N8O3/c18-12(4-10-6-21-8-23-10)14(26)17(16(20)28)2-1-3-25(17)15(27)13(19)5-11-7-22-9-24-11/h6-9,12-13H,1-5,18-19H2,(H2,20,28)(H,21,23)(H,22,24)/t12-,13-,17+/m0/s1. The van der Waals surface area contributed by atoms with Gasteiger partial charge in [-0.15, -0.1) is 0 Å². The van der Waals surface area contributed by atoms with Crippen LogP contribution in [0, 0.1) is 0 Å². The van der Waals surface area contributed by atoms with Gasteiger partial charge in [0.05, 0.1) is 24.7 Å². The van der Waals surface area contributed by atoms with Crippen LogP contribution in [-0.4, -0.2) is 66.6 Å². The molecule has 3 atom stereocenters. The van der Waals surface area contributed by atoms with Crippen molar-refractivity contribution in [1.82, 2.24) is 24.8 Å². The first-order valence-corrected chi connectivity index (χ1v) is 8.97. The summed E-state index contributed by atoms with van der Waals surface area (Å²) in [4.78, 5) is 53.3. The topological polar surface area (TPSA) is 190 Å². The van der Waals surface area contributed by atoms with E-state index in [1.165, 1.54) is 17.6 Å². The van der Waals surface area contributed by atoms with Crippen LogP contribution in [0.2, 0.25) is 0 Å². The van der Waals surface area contributed by atoms with Crippen LogP contribution in [0.1, 0.15) is 24.2 Å². The fourth-order valence-corrected chi connectivity index (χ4v) is 3.70. The Bertz CT molecular complexity index is 835. The van der Waals surface area contributed by atoms with Gasteiger partial charge in [0.2, 0.25) is 5.91 Å². The summed E-state index contributed by atoms with van der Waals surface area (Å²) < 4.78 is 0. The molecule has 0 unspecified atom stereocenters. The number of likely N-dealkylation sites (tertiary alicyclic amines) is 1. The number of carbonyl (C=O) groups excluding carboxylic acids is 3. The minimum Gasteiger partial charge on any atom is -0.367 e. The highest BCUT2D eigenvalue weighted by molar-refractivity contribution is 6.15. The molecule has 0 spiro atoms. The minimum atomic E-state index is -1.79. The third-order valence-corrected chi connectivity index (χ3v) is 5.11. The zero-order chi connectivity index (χ0) is 20.3. The maximum Gasteiger partial charge on any atom is 0.251 e. The molecule has 2 aromatic heterocycles. The van der Waals surface area contributed by atoms with E-state index in [1.54, 1.807) is 12.4 Å². The molecule has 3 heterocycles. The number of nitrogens with one attached hydrogen (secondary N) is 2. The van der Waals surface area contributed by atoms with Gasteiger partial charge < -0.3 is 32.1 Å². The summed E-state index contributed by atoms with van der Waals surface area (Å²) in [6.45, 7) is 0.209. The molecule has 1 aliphatic heterocycles. The van der Waals surface area contributed by atoms with Gasteiger partial charge in [-0.05, 0) is 12.8 Å². The Kier molecular flexibility index (Phi) is 5.56. The van der Waals surface area contributed by atoms with Crippen molar-refractivity contribution >= 4 is 17.6 Å². The van der Waals surface area contributed by atoms with Crippen molar-refractivity contribution in [3.05, 3.63) is 36.4 Å². The van der Waals surface area contributed by atoms with E-state index >= 15 is 0 Å². The number of nitrogens with two attached hydrogens (primary N) is 3. The molecular formula is C17H24N8O3. The van der Waals surface area contributed by atoms with Crippen molar-refractivity contribution in [2.24, 2.45) is 17.2 Å². The van der Waals surface area contributed by atoms with Crippen molar-refractivity contribution in [2.45, 2.75) is 43.3 Å². The Balaban J connectivity index is 1.82. The predicted octanol–water partition coefficient (Wildman–Crippen LogP) is -2.01. The number of amides is 2. The van der Waals surface area contributed by atoms with E-state index in [1.807, 2.05) is 0 Å². The third-order valence-electron chi connectivity index (χ3n) is 5.11. The lowest BCUT2D eigenvalue weighted by Gasteiger charge is -2.37. The number of H-pyrrole nitrogens is 2. The van der Waals surface area contributed by atoms with E-state index in [0.717, 1.165) is 0 Å². The molecule has 0 radical (unpaired) electrons. The number of Topliss-reactive ketones (excluding diaryl/α,β-unsaturated/α-hetero) is 1. The summed E-state index contributed by atoms with van der Waals surface area (Å²) in [6.07, 6.45) is 6.97.